The lowest BCUT2D eigenvalue weighted by Crippen LogP contribution is -2.42. The van der Waals surface area contributed by atoms with Crippen molar-refractivity contribution in [1.29, 1.82) is 0 Å². The van der Waals surface area contributed by atoms with E-state index in [1.165, 1.54) is 30.9 Å². The second kappa shape index (κ2) is 9.19. The fourth-order valence-electron chi connectivity index (χ4n) is 1.81. The monoisotopic (exact) mass is 366 g/mol. The molecule has 0 atom stereocenters. The number of thiophene rings is 1. The zero-order valence-electron chi connectivity index (χ0n) is 13.3. The van der Waals surface area contributed by atoms with Crippen LogP contribution in [-0.2, 0) is 10.5 Å². The Morgan fingerprint density at radius 2 is 1.83 bits per heavy atom. The van der Waals surface area contributed by atoms with Crippen molar-refractivity contribution in [2.45, 2.75) is 5.75 Å². The van der Waals surface area contributed by atoms with Gasteiger partial charge in [0.15, 0.2) is 0 Å². The van der Waals surface area contributed by atoms with Crippen molar-refractivity contribution in [3.8, 4) is 11.5 Å². The molecule has 24 heavy (non-hydrogen) atoms. The van der Waals surface area contributed by atoms with Gasteiger partial charge in [-0.05, 0) is 23.6 Å². The van der Waals surface area contributed by atoms with Crippen LogP contribution in [0.2, 0.25) is 0 Å². The molecule has 0 bridgehead atoms. The van der Waals surface area contributed by atoms with E-state index in [9.17, 15) is 9.59 Å². The number of benzene rings is 1. The molecule has 1 aromatic carbocycles. The third kappa shape index (κ3) is 5.47. The van der Waals surface area contributed by atoms with E-state index in [1.54, 1.807) is 29.5 Å². The predicted molar refractivity (Wildman–Crippen MR) is 95.6 cm³/mol. The lowest BCUT2D eigenvalue weighted by atomic mass is 10.2. The maximum atomic E-state index is 12.1. The number of hydrogen-bond acceptors (Lipinski definition) is 6. The number of ether oxygens (including phenoxy) is 2. The van der Waals surface area contributed by atoms with Crippen LogP contribution >= 0.6 is 23.1 Å². The molecule has 0 fully saturated rings. The minimum Gasteiger partial charge on any atom is -0.497 e. The van der Waals surface area contributed by atoms with E-state index >= 15 is 0 Å². The van der Waals surface area contributed by atoms with Gasteiger partial charge in [-0.15, -0.1) is 23.1 Å². The van der Waals surface area contributed by atoms with Gasteiger partial charge in [-0.2, -0.15) is 0 Å². The summed E-state index contributed by atoms with van der Waals surface area (Å²) in [7, 11) is 3.01. The predicted octanol–water partition coefficient (Wildman–Crippen LogP) is 2.46. The molecule has 0 aliphatic heterocycles. The molecule has 1 aromatic heterocycles. The molecule has 0 spiro atoms. The van der Waals surface area contributed by atoms with Crippen LogP contribution < -0.4 is 20.3 Å². The Bertz CT molecular complexity index is 667. The van der Waals surface area contributed by atoms with Crippen LogP contribution in [0.1, 0.15) is 15.2 Å². The van der Waals surface area contributed by atoms with Gasteiger partial charge in [0.25, 0.3) is 5.91 Å². The topological polar surface area (TPSA) is 76.7 Å². The number of carbonyl (C=O) groups is 2. The van der Waals surface area contributed by atoms with E-state index in [2.05, 4.69) is 10.9 Å². The fraction of sp³-hybridized carbons (Fsp3) is 0.250. The lowest BCUT2D eigenvalue weighted by molar-refractivity contribution is -0.119. The highest BCUT2D eigenvalue weighted by atomic mass is 32.2. The highest BCUT2D eigenvalue weighted by Gasteiger charge is 2.11. The van der Waals surface area contributed by atoms with Crippen molar-refractivity contribution in [3.63, 3.8) is 0 Å². The molecule has 0 unspecified atom stereocenters. The Balaban J connectivity index is 1.80. The van der Waals surface area contributed by atoms with Gasteiger partial charge in [0.2, 0.25) is 5.91 Å². The minimum atomic E-state index is -0.441. The Morgan fingerprint density at radius 1 is 1.12 bits per heavy atom. The van der Waals surface area contributed by atoms with Crippen molar-refractivity contribution in [1.82, 2.24) is 10.9 Å². The van der Waals surface area contributed by atoms with Crippen molar-refractivity contribution in [3.05, 3.63) is 46.2 Å². The van der Waals surface area contributed by atoms with Crippen LogP contribution in [0.15, 0.2) is 35.7 Å². The molecule has 8 heteroatoms. The van der Waals surface area contributed by atoms with Crippen LogP contribution in [0.4, 0.5) is 0 Å². The summed E-state index contributed by atoms with van der Waals surface area (Å²) in [5, 5.41) is 2.00. The second-order valence-corrected chi connectivity index (χ2v) is 6.69. The van der Waals surface area contributed by atoms with Gasteiger partial charge in [0.1, 0.15) is 11.5 Å². The first kappa shape index (κ1) is 18.2. The third-order valence-corrected chi connectivity index (χ3v) is 5.03. The van der Waals surface area contributed by atoms with Crippen molar-refractivity contribution in [2.24, 2.45) is 0 Å². The normalized spacial score (nSPS) is 10.1. The summed E-state index contributed by atoms with van der Waals surface area (Å²) >= 11 is 3.14. The molecular formula is C16H18N2O4S2. The Hall–Kier alpha value is -2.19. The highest BCUT2D eigenvalue weighted by Crippen LogP contribution is 2.22. The van der Waals surface area contributed by atoms with Gasteiger partial charge >= 0.3 is 0 Å². The molecule has 0 aliphatic rings. The summed E-state index contributed by atoms with van der Waals surface area (Å²) in [5.74, 6) is 1.32. The van der Waals surface area contributed by atoms with E-state index in [0.29, 0.717) is 17.1 Å². The summed E-state index contributed by atoms with van der Waals surface area (Å²) in [6.45, 7) is 0. The summed E-state index contributed by atoms with van der Waals surface area (Å²) in [4.78, 5) is 25.1. The van der Waals surface area contributed by atoms with E-state index in [0.717, 1.165) is 5.75 Å². The van der Waals surface area contributed by atoms with Gasteiger partial charge in [0.05, 0.1) is 20.0 Å². The smallest absolute Gasteiger partial charge is 0.269 e. The summed E-state index contributed by atoms with van der Waals surface area (Å²) < 4.78 is 10.2. The molecule has 0 saturated heterocycles. The molecule has 2 rings (SSSR count). The second-order valence-electron chi connectivity index (χ2n) is 4.68. The number of carbonyl (C=O) groups excluding carboxylic acids is 2. The molecule has 1 heterocycles. The summed E-state index contributed by atoms with van der Waals surface area (Å²) in [6, 6.07) is 8.79. The SMILES string of the molecule is COc1cc(OC)cc(C(=O)NNC(=O)CSCc2cccs2)c1. The van der Waals surface area contributed by atoms with Gasteiger partial charge < -0.3 is 9.47 Å². The van der Waals surface area contributed by atoms with Crippen LogP contribution in [0.5, 0.6) is 11.5 Å². The number of amides is 2. The molecule has 2 aromatic rings. The number of rotatable bonds is 7. The van der Waals surface area contributed by atoms with Crippen molar-refractivity contribution >= 4 is 34.9 Å². The summed E-state index contributed by atoms with van der Waals surface area (Å²) in [5.41, 5.74) is 5.11. The Kier molecular flexibility index (Phi) is 6.95. The van der Waals surface area contributed by atoms with E-state index in [4.69, 9.17) is 9.47 Å². The molecule has 128 valence electrons. The van der Waals surface area contributed by atoms with E-state index < -0.39 is 5.91 Å². The molecule has 6 nitrogen and oxygen atoms in total. The van der Waals surface area contributed by atoms with Gasteiger partial charge in [-0.3, -0.25) is 20.4 Å². The van der Waals surface area contributed by atoms with Crippen LogP contribution in [-0.4, -0.2) is 31.8 Å². The fourth-order valence-corrected chi connectivity index (χ4v) is 3.48. The number of methoxy groups -OCH3 is 2. The van der Waals surface area contributed by atoms with Crippen LogP contribution in [0, 0.1) is 0 Å². The maximum absolute atomic E-state index is 12.1. The summed E-state index contributed by atoms with van der Waals surface area (Å²) in [6.07, 6.45) is 0. The quantitative estimate of drug-likeness (QED) is 0.736. The standard InChI is InChI=1S/C16H18N2O4S2/c1-21-12-6-11(7-13(8-12)22-2)16(20)18-17-15(19)10-23-9-14-4-3-5-24-14/h3-8H,9-10H2,1-2H3,(H,17,19)(H,18,20). The van der Waals surface area contributed by atoms with E-state index in [-0.39, 0.29) is 11.7 Å². The Labute approximate surface area is 148 Å². The van der Waals surface area contributed by atoms with Gasteiger partial charge in [-0.25, -0.2) is 0 Å². The van der Waals surface area contributed by atoms with Crippen molar-refractivity contribution < 1.29 is 19.1 Å². The zero-order chi connectivity index (χ0) is 17.4. The molecule has 2 amide bonds. The molecule has 2 N–H and O–H groups in total. The number of nitrogens with one attached hydrogen (secondary N) is 2. The number of thioether (sulfide) groups is 1. The average Bonchev–Trinajstić information content (AvgIpc) is 3.12. The molecule has 0 aliphatic carbocycles. The maximum Gasteiger partial charge on any atom is 0.269 e. The molecule has 0 saturated carbocycles. The van der Waals surface area contributed by atoms with Crippen LogP contribution in [0.25, 0.3) is 0 Å². The number of hydrazine groups is 1. The largest absolute Gasteiger partial charge is 0.497 e. The Morgan fingerprint density at radius 3 is 2.42 bits per heavy atom. The highest BCUT2D eigenvalue weighted by molar-refractivity contribution is 7.99. The third-order valence-electron chi connectivity index (χ3n) is 2.99. The molecular weight excluding hydrogens is 348 g/mol. The van der Waals surface area contributed by atoms with Gasteiger partial charge in [-0.1, -0.05) is 6.07 Å². The first-order chi connectivity index (χ1) is 11.6. The van der Waals surface area contributed by atoms with E-state index in [1.807, 2.05) is 17.5 Å². The van der Waals surface area contributed by atoms with Gasteiger partial charge in [0, 0.05) is 22.3 Å². The number of hydrogen-bond donors (Lipinski definition) is 2. The lowest BCUT2D eigenvalue weighted by Gasteiger charge is -2.10. The van der Waals surface area contributed by atoms with Crippen molar-refractivity contribution in [2.75, 3.05) is 20.0 Å². The molecule has 0 radical (unpaired) electrons. The van der Waals surface area contributed by atoms with Crippen LogP contribution in [0.3, 0.4) is 0 Å². The first-order valence-electron chi connectivity index (χ1n) is 7.04. The average molecular weight is 366 g/mol. The minimum absolute atomic E-state index is 0.264. The zero-order valence-corrected chi connectivity index (χ0v) is 15.0. The first-order valence-corrected chi connectivity index (χ1v) is 9.08.